The van der Waals surface area contributed by atoms with Crippen molar-refractivity contribution in [3.63, 3.8) is 0 Å². The van der Waals surface area contributed by atoms with E-state index in [2.05, 4.69) is 10.6 Å². The Labute approximate surface area is 156 Å². The van der Waals surface area contributed by atoms with Crippen molar-refractivity contribution in [2.24, 2.45) is 5.92 Å². The summed E-state index contributed by atoms with van der Waals surface area (Å²) in [7, 11) is 1.55. The minimum atomic E-state index is -1.10. The van der Waals surface area contributed by atoms with Crippen molar-refractivity contribution in [3.05, 3.63) is 52.2 Å². The van der Waals surface area contributed by atoms with E-state index in [1.165, 1.54) is 11.3 Å². The minimum absolute atomic E-state index is 0.0269. The standard InChI is InChI=1S/C19H22N2O4S/c1-25-15-6-3-2-5-13(15)11-20-17(22)18(23)21-12-19(24,14-8-9-14)16-7-4-10-26-16/h2-7,10,14,24H,8-9,11-12H2,1H3,(H,20,22)(H,21,23)/t19-/m0/s1. The molecule has 1 aromatic heterocycles. The van der Waals surface area contributed by atoms with Crippen molar-refractivity contribution < 1.29 is 19.4 Å². The molecule has 3 N–H and O–H groups in total. The highest BCUT2D eigenvalue weighted by atomic mass is 32.1. The second-order valence-electron chi connectivity index (χ2n) is 6.35. The van der Waals surface area contributed by atoms with Gasteiger partial charge in [0.2, 0.25) is 0 Å². The lowest BCUT2D eigenvalue weighted by molar-refractivity contribution is -0.140. The molecule has 3 rings (SSSR count). The lowest BCUT2D eigenvalue weighted by Crippen LogP contribution is -2.47. The van der Waals surface area contributed by atoms with Crippen LogP contribution in [0.15, 0.2) is 41.8 Å². The normalized spacial score (nSPS) is 15.8. The molecule has 0 bridgehead atoms. The lowest BCUT2D eigenvalue weighted by Gasteiger charge is -2.27. The average Bonchev–Trinajstić information content (AvgIpc) is 3.38. The van der Waals surface area contributed by atoms with Crippen LogP contribution in [0.5, 0.6) is 5.75 Å². The third-order valence-corrected chi connectivity index (χ3v) is 5.59. The van der Waals surface area contributed by atoms with Crippen LogP contribution in [0.4, 0.5) is 0 Å². The predicted octanol–water partition coefficient (Wildman–Crippen LogP) is 1.79. The number of para-hydroxylation sites is 1. The Morgan fingerprint density at radius 3 is 2.58 bits per heavy atom. The zero-order valence-electron chi connectivity index (χ0n) is 14.5. The molecule has 1 aliphatic rings. The number of thiophene rings is 1. The molecule has 0 unspecified atom stereocenters. The number of amides is 2. The Kier molecular flexibility index (Phi) is 5.58. The van der Waals surface area contributed by atoms with E-state index in [1.54, 1.807) is 13.2 Å². The van der Waals surface area contributed by atoms with E-state index in [0.29, 0.717) is 5.75 Å². The molecule has 1 atom stereocenters. The Bertz CT molecular complexity index is 774. The average molecular weight is 374 g/mol. The van der Waals surface area contributed by atoms with Crippen LogP contribution >= 0.6 is 11.3 Å². The molecule has 6 nitrogen and oxygen atoms in total. The molecule has 2 aromatic rings. The summed E-state index contributed by atoms with van der Waals surface area (Å²) in [5.74, 6) is -0.720. The third kappa shape index (κ3) is 4.05. The zero-order chi connectivity index (χ0) is 18.6. The number of ether oxygens (including phenoxy) is 1. The largest absolute Gasteiger partial charge is 0.496 e. The number of rotatable bonds is 7. The molecule has 2 amide bonds. The third-order valence-electron chi connectivity index (χ3n) is 4.56. The number of carbonyl (C=O) groups excluding carboxylic acids is 2. The molecule has 1 saturated carbocycles. The van der Waals surface area contributed by atoms with E-state index in [9.17, 15) is 14.7 Å². The summed E-state index contributed by atoms with van der Waals surface area (Å²) < 4.78 is 5.22. The number of benzene rings is 1. The Hall–Kier alpha value is -2.38. The highest BCUT2D eigenvalue weighted by Crippen LogP contribution is 2.46. The van der Waals surface area contributed by atoms with E-state index in [0.717, 1.165) is 23.3 Å². The molecule has 1 aliphatic carbocycles. The second kappa shape index (κ2) is 7.88. The van der Waals surface area contributed by atoms with E-state index >= 15 is 0 Å². The Morgan fingerprint density at radius 2 is 1.92 bits per heavy atom. The van der Waals surface area contributed by atoms with Crippen LogP contribution in [0, 0.1) is 5.92 Å². The topological polar surface area (TPSA) is 87.7 Å². The number of methoxy groups -OCH3 is 1. The molecular weight excluding hydrogens is 352 g/mol. The van der Waals surface area contributed by atoms with Gasteiger partial charge in [0.1, 0.15) is 11.4 Å². The molecule has 7 heteroatoms. The molecule has 0 aliphatic heterocycles. The van der Waals surface area contributed by atoms with E-state index < -0.39 is 17.4 Å². The van der Waals surface area contributed by atoms with Crippen LogP contribution in [-0.2, 0) is 21.7 Å². The highest BCUT2D eigenvalue weighted by Gasteiger charge is 2.46. The summed E-state index contributed by atoms with van der Waals surface area (Å²) in [5, 5.41) is 18.0. The van der Waals surface area contributed by atoms with Crippen molar-refractivity contribution in [3.8, 4) is 5.75 Å². The predicted molar refractivity (Wildman–Crippen MR) is 98.8 cm³/mol. The maximum Gasteiger partial charge on any atom is 0.309 e. The molecule has 26 heavy (non-hydrogen) atoms. The van der Waals surface area contributed by atoms with Crippen LogP contribution in [0.1, 0.15) is 23.3 Å². The second-order valence-corrected chi connectivity index (χ2v) is 7.30. The monoisotopic (exact) mass is 374 g/mol. The van der Waals surface area contributed by atoms with Crippen LogP contribution in [0.3, 0.4) is 0 Å². The van der Waals surface area contributed by atoms with Crippen molar-refractivity contribution in [1.29, 1.82) is 0 Å². The van der Waals surface area contributed by atoms with Gasteiger partial charge in [-0.05, 0) is 36.3 Å². The summed E-state index contributed by atoms with van der Waals surface area (Å²) in [6.07, 6.45) is 1.84. The van der Waals surface area contributed by atoms with Gasteiger partial charge in [-0.15, -0.1) is 11.3 Å². The summed E-state index contributed by atoms with van der Waals surface area (Å²) in [5.41, 5.74) is -0.323. The van der Waals surface area contributed by atoms with Gasteiger partial charge in [-0.3, -0.25) is 9.59 Å². The van der Waals surface area contributed by atoms with Gasteiger partial charge in [-0.1, -0.05) is 24.3 Å². The first-order chi connectivity index (χ1) is 12.5. The van der Waals surface area contributed by atoms with Crippen LogP contribution in [0.25, 0.3) is 0 Å². The molecule has 0 radical (unpaired) electrons. The van der Waals surface area contributed by atoms with Crippen molar-refractivity contribution >= 4 is 23.2 Å². The van der Waals surface area contributed by atoms with Crippen LogP contribution in [-0.4, -0.2) is 30.6 Å². The maximum atomic E-state index is 12.1. The Morgan fingerprint density at radius 1 is 1.19 bits per heavy atom. The van der Waals surface area contributed by atoms with Crippen molar-refractivity contribution in [2.45, 2.75) is 25.0 Å². The molecule has 1 heterocycles. The first-order valence-corrected chi connectivity index (χ1v) is 9.37. The summed E-state index contributed by atoms with van der Waals surface area (Å²) in [6, 6.07) is 11.0. The number of hydrogen-bond acceptors (Lipinski definition) is 5. The molecule has 138 valence electrons. The zero-order valence-corrected chi connectivity index (χ0v) is 15.3. The van der Waals surface area contributed by atoms with Crippen molar-refractivity contribution in [2.75, 3.05) is 13.7 Å². The highest BCUT2D eigenvalue weighted by molar-refractivity contribution is 7.10. The fourth-order valence-electron chi connectivity index (χ4n) is 2.92. The van der Waals surface area contributed by atoms with Gasteiger partial charge in [0.25, 0.3) is 0 Å². The molecule has 1 fully saturated rings. The SMILES string of the molecule is COc1ccccc1CNC(=O)C(=O)NC[C@@](O)(c1cccs1)C1CC1. The van der Waals surface area contributed by atoms with Gasteiger partial charge in [0.05, 0.1) is 13.7 Å². The Balaban J connectivity index is 1.55. The first-order valence-electron chi connectivity index (χ1n) is 8.49. The number of carbonyl (C=O) groups is 2. The van der Waals surface area contributed by atoms with Gasteiger partial charge in [-0.25, -0.2) is 0 Å². The number of aliphatic hydroxyl groups is 1. The quantitative estimate of drug-likeness (QED) is 0.645. The van der Waals surface area contributed by atoms with Gasteiger partial charge in [0.15, 0.2) is 0 Å². The minimum Gasteiger partial charge on any atom is -0.496 e. The first kappa shape index (κ1) is 18.4. The van der Waals surface area contributed by atoms with E-state index in [1.807, 2.05) is 35.7 Å². The molecule has 0 saturated heterocycles. The van der Waals surface area contributed by atoms with Gasteiger partial charge >= 0.3 is 11.8 Å². The fraction of sp³-hybridized carbons (Fsp3) is 0.368. The van der Waals surface area contributed by atoms with E-state index in [4.69, 9.17) is 4.74 Å². The van der Waals surface area contributed by atoms with Gasteiger partial charge < -0.3 is 20.5 Å². The summed E-state index contributed by atoms with van der Waals surface area (Å²) in [6.45, 7) is 0.215. The number of hydrogen-bond donors (Lipinski definition) is 3. The lowest BCUT2D eigenvalue weighted by atomic mass is 9.95. The van der Waals surface area contributed by atoms with E-state index in [-0.39, 0.29) is 19.0 Å². The summed E-state index contributed by atoms with van der Waals surface area (Å²) in [4.78, 5) is 25.0. The maximum absolute atomic E-state index is 12.1. The van der Waals surface area contributed by atoms with Crippen LogP contribution < -0.4 is 15.4 Å². The van der Waals surface area contributed by atoms with Gasteiger partial charge in [0, 0.05) is 17.0 Å². The molecule has 0 spiro atoms. The molecule has 1 aromatic carbocycles. The molecular formula is C19H22N2O4S. The fourth-order valence-corrected chi connectivity index (χ4v) is 3.82. The smallest absolute Gasteiger partial charge is 0.309 e. The number of nitrogens with one attached hydrogen (secondary N) is 2. The van der Waals surface area contributed by atoms with Crippen LogP contribution in [0.2, 0.25) is 0 Å². The summed E-state index contributed by atoms with van der Waals surface area (Å²) >= 11 is 1.45. The van der Waals surface area contributed by atoms with Gasteiger partial charge in [-0.2, -0.15) is 0 Å². The van der Waals surface area contributed by atoms with Crippen molar-refractivity contribution in [1.82, 2.24) is 10.6 Å².